The normalized spacial score (nSPS) is 18.3. The van der Waals surface area contributed by atoms with Gasteiger partial charge in [0.2, 0.25) is 5.91 Å². The number of rotatable bonds is 5. The molecule has 1 saturated heterocycles. The van der Waals surface area contributed by atoms with Crippen LogP contribution in [0.25, 0.3) is 0 Å². The summed E-state index contributed by atoms with van der Waals surface area (Å²) in [6, 6.07) is -0.389. The van der Waals surface area contributed by atoms with Gasteiger partial charge < -0.3 is 30.4 Å². The largest absolute Gasteiger partial charge is 0.394 e. The third-order valence-electron chi connectivity index (χ3n) is 2.29. The first-order valence-corrected chi connectivity index (χ1v) is 6.39. The van der Waals surface area contributed by atoms with Crippen LogP contribution in [0.15, 0.2) is 0 Å². The summed E-state index contributed by atoms with van der Waals surface area (Å²) >= 11 is 0. The van der Waals surface area contributed by atoms with E-state index in [-0.39, 0.29) is 31.2 Å². The Hall–Kier alpha value is -1.02. The predicted molar refractivity (Wildman–Crippen MR) is 71.5 cm³/mol. The van der Waals surface area contributed by atoms with Gasteiger partial charge in [-0.15, -0.1) is 0 Å². The Balaban J connectivity index is 0. The molecule has 1 fully saturated rings. The number of amides is 1. The smallest absolute Gasteiger partial charge is 0.227 e. The molecule has 114 valence electrons. The Morgan fingerprint density at radius 2 is 2.11 bits per heavy atom. The lowest BCUT2D eigenvalue weighted by Crippen LogP contribution is -2.31. The van der Waals surface area contributed by atoms with Crippen molar-refractivity contribution in [2.24, 2.45) is 5.92 Å². The molecule has 0 aromatic rings. The van der Waals surface area contributed by atoms with Gasteiger partial charge in [-0.3, -0.25) is 4.79 Å². The van der Waals surface area contributed by atoms with Gasteiger partial charge in [-0.05, 0) is 13.5 Å². The van der Waals surface area contributed by atoms with Crippen molar-refractivity contribution in [3.8, 4) is 0 Å². The summed E-state index contributed by atoms with van der Waals surface area (Å²) in [6.07, 6.45) is 1.44. The van der Waals surface area contributed by atoms with Gasteiger partial charge in [0, 0.05) is 6.61 Å². The van der Waals surface area contributed by atoms with Gasteiger partial charge in [0.1, 0.15) is 13.0 Å². The van der Waals surface area contributed by atoms with Crippen molar-refractivity contribution in [1.82, 2.24) is 10.6 Å². The number of aliphatic hydroxyl groups excluding tert-OH is 2. The Bertz CT molecular complexity index is 216. The molecule has 7 nitrogen and oxygen atoms in total. The summed E-state index contributed by atoms with van der Waals surface area (Å²) in [6.45, 7) is 4.74. The number of carbonyl (C=O) groups excluding carboxylic acids is 2. The minimum absolute atomic E-state index is 0.0489. The van der Waals surface area contributed by atoms with Crippen LogP contribution >= 0.6 is 0 Å². The summed E-state index contributed by atoms with van der Waals surface area (Å²) in [5.41, 5.74) is 0. The first-order chi connectivity index (χ1) is 9.19. The second kappa shape index (κ2) is 15.0. The van der Waals surface area contributed by atoms with Crippen LogP contribution in [0.2, 0.25) is 0 Å². The standard InChI is InChI=1S/C6H11NO3.C4H9NO2.C2H6/c8-4-7-6(9)5-1-2-10-3-5;1-5-4(2-6)3-7;1-2/h5,8H,1-4H2,(H,7,9);2,4-5,7H,3H2,1H3;1-2H3/t5-;4-;/m11./s1. The molecule has 0 aromatic carbocycles. The SMILES string of the molecule is CC.CN[C@H](C=O)CO.O=C(NCO)[C@@H]1CCOC1. The van der Waals surface area contributed by atoms with Crippen LogP contribution in [0, 0.1) is 5.92 Å². The van der Waals surface area contributed by atoms with Crippen LogP contribution in [0.4, 0.5) is 0 Å². The molecule has 0 aliphatic carbocycles. The zero-order valence-corrected chi connectivity index (χ0v) is 11.9. The number of carbonyl (C=O) groups is 2. The van der Waals surface area contributed by atoms with Crippen molar-refractivity contribution >= 4 is 12.2 Å². The minimum Gasteiger partial charge on any atom is -0.394 e. The van der Waals surface area contributed by atoms with Crippen molar-refractivity contribution in [2.45, 2.75) is 26.3 Å². The summed E-state index contributed by atoms with van der Waals surface area (Å²) in [4.78, 5) is 20.6. The fourth-order valence-corrected chi connectivity index (χ4v) is 1.17. The summed E-state index contributed by atoms with van der Waals surface area (Å²) in [5.74, 6) is -0.160. The number of aliphatic hydroxyl groups is 2. The van der Waals surface area contributed by atoms with Crippen LogP contribution < -0.4 is 10.6 Å². The number of aldehydes is 1. The highest BCUT2D eigenvalue weighted by Gasteiger charge is 2.22. The molecule has 0 unspecified atom stereocenters. The van der Waals surface area contributed by atoms with E-state index in [1.54, 1.807) is 7.05 Å². The maximum Gasteiger partial charge on any atom is 0.227 e. The third-order valence-corrected chi connectivity index (χ3v) is 2.29. The van der Waals surface area contributed by atoms with Gasteiger partial charge in [0.25, 0.3) is 0 Å². The molecule has 19 heavy (non-hydrogen) atoms. The maximum absolute atomic E-state index is 10.9. The number of nitrogens with one attached hydrogen (secondary N) is 2. The Kier molecular flexibility index (Phi) is 16.1. The average molecular weight is 278 g/mol. The van der Waals surface area contributed by atoms with Gasteiger partial charge in [-0.1, -0.05) is 13.8 Å². The van der Waals surface area contributed by atoms with Crippen molar-refractivity contribution in [3.05, 3.63) is 0 Å². The molecule has 1 amide bonds. The molecule has 0 spiro atoms. The van der Waals surface area contributed by atoms with Crippen LogP contribution in [-0.4, -0.2) is 62.0 Å². The summed E-state index contributed by atoms with van der Waals surface area (Å²) in [7, 11) is 1.62. The summed E-state index contributed by atoms with van der Waals surface area (Å²) < 4.78 is 4.98. The van der Waals surface area contributed by atoms with E-state index in [0.29, 0.717) is 19.5 Å². The molecule has 2 atom stereocenters. The highest BCUT2D eigenvalue weighted by Crippen LogP contribution is 2.11. The Morgan fingerprint density at radius 1 is 1.47 bits per heavy atom. The van der Waals surface area contributed by atoms with Crippen LogP contribution in [0.1, 0.15) is 20.3 Å². The van der Waals surface area contributed by atoms with E-state index in [4.69, 9.17) is 14.9 Å². The van der Waals surface area contributed by atoms with Crippen LogP contribution in [-0.2, 0) is 14.3 Å². The third kappa shape index (κ3) is 10.6. The molecule has 0 radical (unpaired) electrons. The number of hydrogen-bond acceptors (Lipinski definition) is 6. The van der Waals surface area contributed by atoms with Gasteiger partial charge in [0.15, 0.2) is 0 Å². The van der Waals surface area contributed by atoms with E-state index in [9.17, 15) is 9.59 Å². The molecule has 0 saturated carbocycles. The minimum atomic E-state index is -0.389. The average Bonchev–Trinajstić information content (AvgIpc) is 2.98. The van der Waals surface area contributed by atoms with E-state index in [0.717, 1.165) is 6.42 Å². The van der Waals surface area contributed by atoms with E-state index >= 15 is 0 Å². The van der Waals surface area contributed by atoms with E-state index in [2.05, 4.69) is 10.6 Å². The van der Waals surface area contributed by atoms with Crippen LogP contribution in [0.5, 0.6) is 0 Å². The molecular formula is C12H26N2O5. The Morgan fingerprint density at radius 3 is 2.37 bits per heavy atom. The van der Waals surface area contributed by atoms with E-state index < -0.39 is 0 Å². The second-order valence-electron chi connectivity index (χ2n) is 3.47. The fourth-order valence-electron chi connectivity index (χ4n) is 1.17. The van der Waals surface area contributed by atoms with Gasteiger partial charge in [0.05, 0.1) is 25.2 Å². The van der Waals surface area contributed by atoms with Gasteiger partial charge in [-0.25, -0.2) is 0 Å². The first kappa shape index (κ1) is 20.3. The van der Waals surface area contributed by atoms with Crippen LogP contribution in [0.3, 0.4) is 0 Å². The fraction of sp³-hybridized carbons (Fsp3) is 0.833. The second-order valence-corrected chi connectivity index (χ2v) is 3.47. The Labute approximate surface area is 114 Å². The lowest BCUT2D eigenvalue weighted by atomic mass is 10.1. The number of ether oxygens (including phenoxy) is 1. The van der Waals surface area contributed by atoms with Gasteiger partial charge in [-0.2, -0.15) is 0 Å². The van der Waals surface area contributed by atoms with Crippen molar-refractivity contribution in [1.29, 1.82) is 0 Å². The molecule has 7 heteroatoms. The molecule has 1 heterocycles. The number of likely N-dealkylation sites (N-methyl/N-ethyl adjacent to an activating group) is 1. The van der Waals surface area contributed by atoms with Crippen molar-refractivity contribution in [2.75, 3.05) is 33.6 Å². The molecule has 0 bridgehead atoms. The lowest BCUT2D eigenvalue weighted by Gasteiger charge is -2.05. The predicted octanol–water partition coefficient (Wildman–Crippen LogP) is -1.12. The summed E-state index contributed by atoms with van der Waals surface area (Å²) in [5, 5.41) is 21.5. The number of hydrogen-bond donors (Lipinski definition) is 4. The topological polar surface area (TPSA) is 108 Å². The van der Waals surface area contributed by atoms with E-state index in [1.165, 1.54) is 0 Å². The highest BCUT2D eigenvalue weighted by atomic mass is 16.5. The quantitative estimate of drug-likeness (QED) is 0.375. The molecule has 1 aliphatic rings. The van der Waals surface area contributed by atoms with E-state index in [1.807, 2.05) is 13.8 Å². The zero-order valence-electron chi connectivity index (χ0n) is 11.9. The van der Waals surface area contributed by atoms with Crippen molar-refractivity contribution in [3.63, 3.8) is 0 Å². The molecule has 0 aromatic heterocycles. The maximum atomic E-state index is 10.9. The zero-order chi connectivity index (χ0) is 15.1. The lowest BCUT2D eigenvalue weighted by molar-refractivity contribution is -0.126. The molecular weight excluding hydrogens is 252 g/mol. The van der Waals surface area contributed by atoms with Gasteiger partial charge >= 0.3 is 0 Å². The monoisotopic (exact) mass is 278 g/mol. The molecule has 1 aliphatic heterocycles. The molecule has 4 N–H and O–H groups in total. The molecule has 1 rings (SSSR count). The van der Waals surface area contributed by atoms with Crippen molar-refractivity contribution < 1.29 is 24.5 Å². The highest BCUT2D eigenvalue weighted by molar-refractivity contribution is 5.78. The first-order valence-electron chi connectivity index (χ1n) is 6.39.